The minimum atomic E-state index is -2.96. The highest BCUT2D eigenvalue weighted by molar-refractivity contribution is 7.76. The number of hydrogen-bond acceptors (Lipinski definition) is 2. The Bertz CT molecular complexity index is 1120. The van der Waals surface area contributed by atoms with E-state index in [4.69, 9.17) is 0 Å². The first-order valence-electron chi connectivity index (χ1n) is 12.3. The third-order valence-electron chi connectivity index (χ3n) is 6.24. The molecule has 0 amide bonds. The lowest BCUT2D eigenvalue weighted by Crippen LogP contribution is -2.39. The van der Waals surface area contributed by atoms with Crippen molar-refractivity contribution < 1.29 is 4.57 Å². The van der Waals surface area contributed by atoms with E-state index in [1.165, 1.54) is 10.6 Å². The Kier molecular flexibility index (Phi) is 9.07. The summed E-state index contributed by atoms with van der Waals surface area (Å²) >= 11 is 0. The van der Waals surface area contributed by atoms with Gasteiger partial charge in [0, 0.05) is 38.3 Å². The predicted molar refractivity (Wildman–Crippen MR) is 153 cm³/mol. The first-order valence-corrected chi connectivity index (χ1v) is 15.3. The van der Waals surface area contributed by atoms with E-state index in [1.807, 2.05) is 60.7 Å². The quantitative estimate of drug-likeness (QED) is 0.250. The van der Waals surface area contributed by atoms with Crippen molar-refractivity contribution in [3.63, 3.8) is 0 Å². The highest BCUT2D eigenvalue weighted by atomic mass is 31.2. The highest BCUT2D eigenvalue weighted by Crippen LogP contribution is 2.47. The summed E-state index contributed by atoms with van der Waals surface area (Å²) in [5.74, 6) is 0. The Morgan fingerprint density at radius 2 is 0.971 bits per heavy atom. The van der Waals surface area contributed by atoms with Crippen LogP contribution in [0.1, 0.15) is 13.8 Å². The summed E-state index contributed by atoms with van der Waals surface area (Å²) in [6, 6.07) is 41.5. The van der Waals surface area contributed by atoms with Crippen LogP contribution < -0.4 is 21.2 Å². The van der Waals surface area contributed by atoms with Crippen LogP contribution in [0.25, 0.3) is 0 Å². The van der Waals surface area contributed by atoms with Gasteiger partial charge in [0.2, 0.25) is 7.29 Å². The van der Waals surface area contributed by atoms with E-state index in [-0.39, 0.29) is 0 Å². The van der Waals surface area contributed by atoms with Gasteiger partial charge in [0.05, 0.1) is 0 Å². The third kappa shape index (κ3) is 5.83. The number of benzene rings is 4. The van der Waals surface area contributed by atoms with Crippen molar-refractivity contribution in [2.24, 2.45) is 0 Å². The summed E-state index contributed by atoms with van der Waals surface area (Å²) in [5, 5.41) is 4.47. The van der Waals surface area contributed by atoms with Gasteiger partial charge in [0.25, 0.3) is 0 Å². The molecule has 35 heavy (non-hydrogen) atoms. The molecule has 5 heteroatoms. The molecule has 0 aliphatic rings. The van der Waals surface area contributed by atoms with Crippen molar-refractivity contribution in [2.45, 2.75) is 13.8 Å². The molecule has 0 aromatic heterocycles. The van der Waals surface area contributed by atoms with E-state index in [0.29, 0.717) is 6.54 Å². The molecule has 0 radical (unpaired) electrons. The molecule has 4 aromatic rings. The minimum Gasteiger partial charge on any atom is -0.296 e. The molecule has 0 N–H and O–H groups in total. The summed E-state index contributed by atoms with van der Waals surface area (Å²) in [6.45, 7) is 7.55. The maximum atomic E-state index is 14.9. The molecular formula is C30H34N2OP2. The largest absolute Gasteiger partial charge is 0.296 e. The van der Waals surface area contributed by atoms with Gasteiger partial charge in [0.1, 0.15) is 0 Å². The fraction of sp³-hybridized carbons (Fsp3) is 0.200. The van der Waals surface area contributed by atoms with Gasteiger partial charge in [-0.2, -0.15) is 0 Å². The molecule has 0 heterocycles. The van der Waals surface area contributed by atoms with Crippen LogP contribution in [0.4, 0.5) is 0 Å². The fourth-order valence-corrected chi connectivity index (χ4v) is 9.78. The van der Waals surface area contributed by atoms with Crippen LogP contribution in [-0.4, -0.2) is 35.5 Å². The summed E-state index contributed by atoms with van der Waals surface area (Å²) < 4.78 is 19.6. The van der Waals surface area contributed by atoms with Crippen molar-refractivity contribution in [3.8, 4) is 0 Å². The third-order valence-corrected chi connectivity index (χ3v) is 12.1. The number of nitrogens with zero attached hydrogens (tertiary/aromatic N) is 2. The lowest BCUT2D eigenvalue weighted by atomic mass is 10.4. The molecule has 0 bridgehead atoms. The zero-order valence-electron chi connectivity index (χ0n) is 20.6. The molecule has 0 fully saturated rings. The van der Waals surface area contributed by atoms with Gasteiger partial charge >= 0.3 is 0 Å². The molecule has 3 nitrogen and oxygen atoms in total. The molecule has 0 aliphatic carbocycles. The maximum absolute atomic E-state index is 14.9. The number of rotatable bonds is 11. The van der Waals surface area contributed by atoms with Crippen LogP contribution in [0.15, 0.2) is 121 Å². The zero-order chi connectivity index (χ0) is 24.5. The molecule has 0 saturated heterocycles. The van der Waals surface area contributed by atoms with Gasteiger partial charge in [0.15, 0.2) is 0 Å². The summed E-state index contributed by atoms with van der Waals surface area (Å²) in [4.78, 5) is 0. The van der Waals surface area contributed by atoms with Gasteiger partial charge in [-0.3, -0.25) is 9.24 Å². The topological polar surface area (TPSA) is 23.6 Å². The second kappa shape index (κ2) is 12.4. The zero-order valence-corrected chi connectivity index (χ0v) is 22.4. The van der Waals surface area contributed by atoms with E-state index in [0.717, 1.165) is 30.2 Å². The molecule has 4 aromatic carbocycles. The lowest BCUT2D eigenvalue weighted by Gasteiger charge is -2.36. The number of likely N-dealkylation sites (N-methyl/N-ethyl adjacent to an activating group) is 2. The van der Waals surface area contributed by atoms with Crippen molar-refractivity contribution in [2.75, 3.05) is 26.2 Å². The Morgan fingerprint density at radius 3 is 1.34 bits per heavy atom. The van der Waals surface area contributed by atoms with E-state index >= 15 is 0 Å². The Labute approximate surface area is 211 Å². The van der Waals surface area contributed by atoms with Crippen molar-refractivity contribution in [1.82, 2.24) is 9.34 Å². The lowest BCUT2D eigenvalue weighted by molar-refractivity contribution is 0.381. The average Bonchev–Trinajstić information content (AvgIpc) is 2.94. The summed E-state index contributed by atoms with van der Waals surface area (Å²) in [7, 11) is -3.64. The SMILES string of the molecule is CCN(CCN(CC)P(=O)(c1ccccc1)c1ccccc1)P(c1ccccc1)c1ccccc1. The molecule has 180 valence electrons. The predicted octanol–water partition coefficient (Wildman–Crippen LogP) is 5.61. The van der Waals surface area contributed by atoms with Crippen LogP contribution in [-0.2, 0) is 4.57 Å². The van der Waals surface area contributed by atoms with Gasteiger partial charge in [-0.1, -0.05) is 111 Å². The maximum Gasteiger partial charge on any atom is 0.207 e. The number of hydrogen-bond donors (Lipinski definition) is 0. The van der Waals surface area contributed by atoms with Crippen LogP contribution in [0, 0.1) is 0 Å². The van der Waals surface area contributed by atoms with E-state index in [2.05, 4.69) is 83.9 Å². The Morgan fingerprint density at radius 1 is 0.571 bits per heavy atom. The van der Waals surface area contributed by atoms with E-state index in [9.17, 15) is 4.57 Å². The Balaban J connectivity index is 1.67. The first-order chi connectivity index (χ1) is 17.2. The van der Waals surface area contributed by atoms with Gasteiger partial charge in [-0.25, -0.2) is 4.67 Å². The van der Waals surface area contributed by atoms with E-state index < -0.39 is 15.4 Å². The van der Waals surface area contributed by atoms with Crippen molar-refractivity contribution in [1.29, 1.82) is 0 Å². The van der Waals surface area contributed by atoms with Gasteiger partial charge in [-0.05, 0) is 41.4 Å². The standard InChI is InChI=1S/C30H34N2OP2/c1-3-31(34(27-17-9-5-10-18-27)28-19-11-6-12-20-28)25-26-32(4-2)35(33,29-21-13-7-14-22-29)30-23-15-8-16-24-30/h5-24H,3-4,25-26H2,1-2H3. The molecule has 0 spiro atoms. The Hall–Kier alpha value is -2.54. The van der Waals surface area contributed by atoms with Crippen molar-refractivity contribution >= 4 is 36.6 Å². The monoisotopic (exact) mass is 500 g/mol. The molecule has 0 atom stereocenters. The first kappa shape index (κ1) is 25.5. The van der Waals surface area contributed by atoms with Crippen LogP contribution >= 0.6 is 15.4 Å². The van der Waals surface area contributed by atoms with Crippen LogP contribution in [0.5, 0.6) is 0 Å². The van der Waals surface area contributed by atoms with Gasteiger partial charge in [-0.15, -0.1) is 0 Å². The normalized spacial score (nSPS) is 11.9. The molecule has 0 saturated carbocycles. The minimum absolute atomic E-state index is 0.677. The van der Waals surface area contributed by atoms with Gasteiger partial charge < -0.3 is 0 Å². The molecular weight excluding hydrogens is 466 g/mol. The van der Waals surface area contributed by atoms with Crippen LogP contribution in [0.3, 0.4) is 0 Å². The van der Waals surface area contributed by atoms with Crippen molar-refractivity contribution in [3.05, 3.63) is 121 Å². The molecule has 0 aliphatic heterocycles. The smallest absolute Gasteiger partial charge is 0.207 e. The highest BCUT2D eigenvalue weighted by Gasteiger charge is 2.34. The summed E-state index contributed by atoms with van der Waals surface area (Å²) in [6.07, 6.45) is 0. The second-order valence-corrected chi connectivity index (χ2v) is 13.3. The van der Waals surface area contributed by atoms with Crippen LogP contribution in [0.2, 0.25) is 0 Å². The molecule has 4 rings (SSSR count). The summed E-state index contributed by atoms with van der Waals surface area (Å²) in [5.41, 5.74) is 0. The average molecular weight is 501 g/mol. The van der Waals surface area contributed by atoms with E-state index in [1.54, 1.807) is 0 Å². The molecule has 0 unspecified atom stereocenters. The fourth-order valence-electron chi connectivity index (χ4n) is 4.48. The second-order valence-electron chi connectivity index (χ2n) is 8.32.